The van der Waals surface area contributed by atoms with E-state index in [1.807, 2.05) is 11.8 Å². The Bertz CT molecular complexity index is 345. The highest BCUT2D eigenvalue weighted by Crippen LogP contribution is 2.10. The number of aryl methyl sites for hydroxylation is 1. The number of carbonyl (C=O) groups excluding carboxylic acids is 1. The normalized spacial score (nSPS) is 15.9. The van der Waals surface area contributed by atoms with Gasteiger partial charge in [0.05, 0.1) is 0 Å². The molecule has 0 aliphatic carbocycles. The average molecular weight is 191 g/mol. The molecule has 1 aromatic heterocycles. The highest BCUT2D eigenvalue weighted by molar-refractivity contribution is 5.90. The molecular formula is C10H13N3O. The molecule has 1 aliphatic heterocycles. The predicted octanol–water partition coefficient (Wildman–Crippen LogP) is 1.02. The van der Waals surface area contributed by atoms with Crippen molar-refractivity contribution < 1.29 is 4.79 Å². The first-order valence-corrected chi connectivity index (χ1v) is 4.86. The maximum atomic E-state index is 11.8. The molecule has 0 N–H and O–H groups in total. The summed E-state index contributed by atoms with van der Waals surface area (Å²) in [7, 11) is 0. The van der Waals surface area contributed by atoms with Crippen molar-refractivity contribution in [1.82, 2.24) is 14.9 Å². The Morgan fingerprint density at radius 3 is 2.79 bits per heavy atom. The molecule has 2 heterocycles. The summed E-state index contributed by atoms with van der Waals surface area (Å²) < 4.78 is 0. The molecular weight excluding hydrogens is 178 g/mol. The molecule has 0 atom stereocenters. The number of rotatable bonds is 1. The van der Waals surface area contributed by atoms with Gasteiger partial charge in [-0.3, -0.25) is 4.79 Å². The van der Waals surface area contributed by atoms with Gasteiger partial charge in [0.1, 0.15) is 0 Å². The second-order valence-electron chi connectivity index (χ2n) is 3.52. The van der Waals surface area contributed by atoms with Crippen LogP contribution >= 0.6 is 0 Å². The van der Waals surface area contributed by atoms with Gasteiger partial charge in [0.15, 0.2) is 0 Å². The van der Waals surface area contributed by atoms with E-state index in [0.29, 0.717) is 5.82 Å². The van der Waals surface area contributed by atoms with E-state index in [9.17, 15) is 4.79 Å². The van der Waals surface area contributed by atoms with Crippen LogP contribution in [0.25, 0.3) is 0 Å². The fourth-order valence-corrected chi connectivity index (χ4v) is 1.61. The third-order valence-electron chi connectivity index (χ3n) is 2.38. The van der Waals surface area contributed by atoms with Gasteiger partial charge in [-0.15, -0.1) is 0 Å². The second-order valence-corrected chi connectivity index (χ2v) is 3.52. The summed E-state index contributed by atoms with van der Waals surface area (Å²) in [6.45, 7) is 3.55. The van der Waals surface area contributed by atoms with Crippen LogP contribution in [0.15, 0.2) is 12.3 Å². The van der Waals surface area contributed by atoms with Crippen molar-refractivity contribution in [3.63, 3.8) is 0 Å². The van der Waals surface area contributed by atoms with Crippen molar-refractivity contribution in [2.75, 3.05) is 13.1 Å². The van der Waals surface area contributed by atoms with E-state index in [0.717, 1.165) is 31.6 Å². The molecule has 0 saturated carbocycles. The Morgan fingerprint density at radius 1 is 1.43 bits per heavy atom. The van der Waals surface area contributed by atoms with Gasteiger partial charge in [0, 0.05) is 25.0 Å². The van der Waals surface area contributed by atoms with Crippen molar-refractivity contribution in [3.05, 3.63) is 23.8 Å². The summed E-state index contributed by atoms with van der Waals surface area (Å²) in [4.78, 5) is 21.7. The first kappa shape index (κ1) is 9.12. The minimum absolute atomic E-state index is 0.0359. The number of hydrogen-bond acceptors (Lipinski definition) is 3. The fourth-order valence-electron chi connectivity index (χ4n) is 1.61. The standard InChI is InChI=1S/C10H13N3O/c1-8-4-5-11-9(12-8)10(14)13-6-2-3-7-13/h4-5H,2-3,6-7H2,1H3. The minimum Gasteiger partial charge on any atom is -0.336 e. The van der Waals surface area contributed by atoms with E-state index in [1.165, 1.54) is 0 Å². The zero-order valence-corrected chi connectivity index (χ0v) is 8.23. The predicted molar refractivity (Wildman–Crippen MR) is 51.9 cm³/mol. The Hall–Kier alpha value is -1.45. The summed E-state index contributed by atoms with van der Waals surface area (Å²) in [6.07, 6.45) is 3.82. The topological polar surface area (TPSA) is 46.1 Å². The van der Waals surface area contributed by atoms with E-state index in [-0.39, 0.29) is 5.91 Å². The maximum absolute atomic E-state index is 11.8. The lowest BCUT2D eigenvalue weighted by Gasteiger charge is -2.13. The highest BCUT2D eigenvalue weighted by Gasteiger charge is 2.21. The Kier molecular flexibility index (Phi) is 2.43. The molecule has 1 fully saturated rings. The molecule has 0 spiro atoms. The molecule has 4 nitrogen and oxygen atoms in total. The zero-order chi connectivity index (χ0) is 9.97. The van der Waals surface area contributed by atoms with Crippen molar-refractivity contribution in [2.24, 2.45) is 0 Å². The molecule has 1 aromatic rings. The third-order valence-corrected chi connectivity index (χ3v) is 2.38. The monoisotopic (exact) mass is 191 g/mol. The fraction of sp³-hybridized carbons (Fsp3) is 0.500. The van der Waals surface area contributed by atoms with E-state index in [1.54, 1.807) is 12.3 Å². The van der Waals surface area contributed by atoms with Gasteiger partial charge in [-0.05, 0) is 25.8 Å². The smallest absolute Gasteiger partial charge is 0.291 e. The Labute approximate surface area is 83.0 Å². The summed E-state index contributed by atoms with van der Waals surface area (Å²) >= 11 is 0. The third kappa shape index (κ3) is 1.73. The molecule has 0 bridgehead atoms. The van der Waals surface area contributed by atoms with Crippen molar-refractivity contribution >= 4 is 5.91 Å². The van der Waals surface area contributed by atoms with Crippen LogP contribution in [0.5, 0.6) is 0 Å². The number of carbonyl (C=O) groups is 1. The van der Waals surface area contributed by atoms with Crippen molar-refractivity contribution in [3.8, 4) is 0 Å². The molecule has 1 aliphatic rings. The van der Waals surface area contributed by atoms with Gasteiger partial charge in [0.25, 0.3) is 5.91 Å². The van der Waals surface area contributed by atoms with Crippen LogP contribution < -0.4 is 0 Å². The van der Waals surface area contributed by atoms with Crippen LogP contribution in [-0.4, -0.2) is 33.9 Å². The Morgan fingerprint density at radius 2 is 2.14 bits per heavy atom. The summed E-state index contributed by atoms with van der Waals surface area (Å²) in [5, 5.41) is 0. The van der Waals surface area contributed by atoms with E-state index in [4.69, 9.17) is 0 Å². The van der Waals surface area contributed by atoms with Gasteiger partial charge < -0.3 is 4.90 Å². The van der Waals surface area contributed by atoms with Crippen molar-refractivity contribution in [2.45, 2.75) is 19.8 Å². The first-order valence-electron chi connectivity index (χ1n) is 4.86. The molecule has 1 amide bonds. The SMILES string of the molecule is Cc1ccnc(C(=O)N2CCCC2)n1. The van der Waals surface area contributed by atoms with Gasteiger partial charge in [-0.1, -0.05) is 0 Å². The van der Waals surface area contributed by atoms with Crippen LogP contribution in [0.3, 0.4) is 0 Å². The van der Waals surface area contributed by atoms with Crippen LogP contribution in [0.2, 0.25) is 0 Å². The zero-order valence-electron chi connectivity index (χ0n) is 8.23. The summed E-state index contributed by atoms with van der Waals surface area (Å²) in [6, 6.07) is 1.79. The highest BCUT2D eigenvalue weighted by atomic mass is 16.2. The minimum atomic E-state index is -0.0359. The molecule has 1 saturated heterocycles. The largest absolute Gasteiger partial charge is 0.336 e. The number of amides is 1. The molecule has 14 heavy (non-hydrogen) atoms. The maximum Gasteiger partial charge on any atom is 0.291 e. The van der Waals surface area contributed by atoms with Crippen LogP contribution in [0.4, 0.5) is 0 Å². The summed E-state index contributed by atoms with van der Waals surface area (Å²) in [5.41, 5.74) is 0.836. The first-order chi connectivity index (χ1) is 6.77. The van der Waals surface area contributed by atoms with Crippen LogP contribution in [0.1, 0.15) is 29.2 Å². The van der Waals surface area contributed by atoms with E-state index < -0.39 is 0 Å². The summed E-state index contributed by atoms with van der Waals surface area (Å²) in [5.74, 6) is 0.290. The van der Waals surface area contributed by atoms with Gasteiger partial charge in [0.2, 0.25) is 5.82 Å². The molecule has 0 radical (unpaired) electrons. The number of likely N-dealkylation sites (tertiary alicyclic amines) is 1. The van der Waals surface area contributed by atoms with Gasteiger partial charge in [-0.2, -0.15) is 0 Å². The van der Waals surface area contributed by atoms with Gasteiger partial charge >= 0.3 is 0 Å². The molecule has 4 heteroatoms. The molecule has 74 valence electrons. The lowest BCUT2D eigenvalue weighted by Crippen LogP contribution is -2.29. The molecule has 2 rings (SSSR count). The lowest BCUT2D eigenvalue weighted by atomic mass is 10.4. The molecule has 0 unspecified atom stereocenters. The Balaban J connectivity index is 2.17. The number of aromatic nitrogens is 2. The van der Waals surface area contributed by atoms with Gasteiger partial charge in [-0.25, -0.2) is 9.97 Å². The lowest BCUT2D eigenvalue weighted by molar-refractivity contribution is 0.0780. The van der Waals surface area contributed by atoms with Crippen LogP contribution in [-0.2, 0) is 0 Å². The van der Waals surface area contributed by atoms with Crippen molar-refractivity contribution in [1.29, 1.82) is 0 Å². The number of nitrogens with zero attached hydrogens (tertiary/aromatic N) is 3. The quantitative estimate of drug-likeness (QED) is 0.665. The average Bonchev–Trinajstić information content (AvgIpc) is 2.69. The van der Waals surface area contributed by atoms with Crippen LogP contribution in [0, 0.1) is 6.92 Å². The number of hydrogen-bond donors (Lipinski definition) is 0. The van der Waals surface area contributed by atoms with E-state index in [2.05, 4.69) is 9.97 Å². The second kappa shape index (κ2) is 3.74. The van der Waals surface area contributed by atoms with E-state index >= 15 is 0 Å². The molecule has 0 aromatic carbocycles.